The lowest BCUT2D eigenvalue weighted by atomic mass is 10.1. The van der Waals surface area contributed by atoms with Crippen LogP contribution in [-0.4, -0.2) is 55.3 Å². The van der Waals surface area contributed by atoms with E-state index in [0.29, 0.717) is 45.8 Å². The van der Waals surface area contributed by atoms with E-state index >= 15 is 0 Å². The average Bonchev–Trinajstić information content (AvgIpc) is 3.24. The van der Waals surface area contributed by atoms with Crippen molar-refractivity contribution in [1.29, 1.82) is 0 Å². The van der Waals surface area contributed by atoms with Gasteiger partial charge in [-0.15, -0.1) is 0 Å². The molecule has 0 atom stereocenters. The van der Waals surface area contributed by atoms with Gasteiger partial charge in [0.1, 0.15) is 0 Å². The summed E-state index contributed by atoms with van der Waals surface area (Å²) >= 11 is 12.6. The van der Waals surface area contributed by atoms with E-state index in [2.05, 4.69) is 25.0 Å². The van der Waals surface area contributed by atoms with E-state index in [9.17, 15) is 4.79 Å². The van der Waals surface area contributed by atoms with Crippen LogP contribution in [0.25, 0.3) is 22.6 Å². The molecule has 0 radical (unpaired) electrons. The highest BCUT2D eigenvalue weighted by Crippen LogP contribution is 2.27. The molecule has 0 unspecified atom stereocenters. The van der Waals surface area contributed by atoms with E-state index in [4.69, 9.17) is 28.2 Å². The standard InChI is InChI=1S/C19H19Cl2N7O/c1-27(2)6-7-28-18(11-8-15-17(22-10-11)25-19(29)23-15)24-16(26-28)9-12-13(20)4-3-5-14(12)21/h3-5,8,10H,6-7,9H2,1-2H3,(H2,22,23,25,29). The highest BCUT2D eigenvalue weighted by atomic mass is 35.5. The summed E-state index contributed by atoms with van der Waals surface area (Å²) in [7, 11) is 4.00. The Labute approximate surface area is 176 Å². The number of halogens is 2. The molecular formula is C19H19Cl2N7O. The Morgan fingerprint density at radius 2 is 1.93 bits per heavy atom. The highest BCUT2D eigenvalue weighted by molar-refractivity contribution is 6.36. The summed E-state index contributed by atoms with van der Waals surface area (Å²) < 4.78 is 1.84. The molecule has 8 nitrogen and oxygen atoms in total. The maximum Gasteiger partial charge on any atom is 0.325 e. The Morgan fingerprint density at radius 1 is 1.17 bits per heavy atom. The molecule has 0 aliphatic heterocycles. The first kappa shape index (κ1) is 19.6. The lowest BCUT2D eigenvalue weighted by Crippen LogP contribution is -2.19. The van der Waals surface area contributed by atoms with Crippen molar-refractivity contribution in [2.24, 2.45) is 0 Å². The van der Waals surface area contributed by atoms with Gasteiger partial charge in [-0.1, -0.05) is 29.3 Å². The third kappa shape index (κ3) is 4.19. The minimum atomic E-state index is -0.298. The van der Waals surface area contributed by atoms with E-state index in [1.807, 2.05) is 24.8 Å². The number of benzene rings is 1. The van der Waals surface area contributed by atoms with Crippen LogP contribution in [0.15, 0.2) is 35.3 Å². The topological polar surface area (TPSA) is 95.5 Å². The molecule has 4 aromatic rings. The first-order valence-electron chi connectivity index (χ1n) is 9.00. The summed E-state index contributed by atoms with van der Waals surface area (Å²) in [5, 5.41) is 5.84. The molecule has 0 spiro atoms. The van der Waals surface area contributed by atoms with Gasteiger partial charge in [0.15, 0.2) is 17.3 Å². The second-order valence-corrected chi connectivity index (χ2v) is 7.77. The van der Waals surface area contributed by atoms with Gasteiger partial charge in [-0.05, 0) is 37.9 Å². The number of aromatic nitrogens is 6. The first-order chi connectivity index (χ1) is 13.9. The fourth-order valence-electron chi connectivity index (χ4n) is 3.03. The first-order valence-corrected chi connectivity index (χ1v) is 9.76. The molecule has 0 amide bonds. The van der Waals surface area contributed by atoms with E-state index in [0.717, 1.165) is 17.7 Å². The Bertz CT molecular complexity index is 1200. The number of hydrogen-bond acceptors (Lipinski definition) is 5. The third-order valence-corrected chi connectivity index (χ3v) is 5.21. The molecule has 0 aliphatic rings. The molecule has 29 heavy (non-hydrogen) atoms. The van der Waals surface area contributed by atoms with Gasteiger partial charge >= 0.3 is 5.69 Å². The lowest BCUT2D eigenvalue weighted by molar-refractivity contribution is 0.374. The van der Waals surface area contributed by atoms with Gasteiger partial charge in [0, 0.05) is 34.8 Å². The van der Waals surface area contributed by atoms with Crippen LogP contribution in [0.5, 0.6) is 0 Å². The second kappa shape index (κ2) is 7.98. The molecule has 150 valence electrons. The van der Waals surface area contributed by atoms with Crippen LogP contribution in [0.2, 0.25) is 10.0 Å². The van der Waals surface area contributed by atoms with Gasteiger partial charge < -0.3 is 9.88 Å². The molecule has 0 bridgehead atoms. The zero-order valence-corrected chi connectivity index (χ0v) is 17.4. The Kier molecular flexibility index (Phi) is 5.40. The number of hydrogen-bond donors (Lipinski definition) is 2. The summed E-state index contributed by atoms with van der Waals surface area (Å²) in [6.45, 7) is 1.44. The molecule has 3 aromatic heterocycles. The molecule has 1 aromatic carbocycles. The van der Waals surface area contributed by atoms with Crippen molar-refractivity contribution in [3.8, 4) is 11.4 Å². The normalized spacial score (nSPS) is 11.6. The molecule has 0 saturated carbocycles. The Morgan fingerprint density at radius 3 is 2.66 bits per heavy atom. The average molecular weight is 432 g/mol. The van der Waals surface area contributed by atoms with Crippen molar-refractivity contribution in [1.82, 2.24) is 34.6 Å². The summed E-state index contributed by atoms with van der Waals surface area (Å²) in [4.78, 5) is 28.0. The SMILES string of the molecule is CN(C)CCn1nc(Cc2c(Cl)cccc2Cl)nc1-c1cnc2[nH]c(=O)[nH]c2c1. The van der Waals surface area contributed by atoms with Crippen LogP contribution in [0, 0.1) is 0 Å². The zero-order valence-electron chi connectivity index (χ0n) is 15.9. The van der Waals surface area contributed by atoms with Gasteiger partial charge in [0.25, 0.3) is 0 Å². The maximum atomic E-state index is 11.5. The van der Waals surface area contributed by atoms with Crippen LogP contribution < -0.4 is 5.69 Å². The van der Waals surface area contributed by atoms with E-state index in [1.165, 1.54) is 0 Å². The summed E-state index contributed by atoms with van der Waals surface area (Å²) in [6.07, 6.45) is 2.09. The third-order valence-electron chi connectivity index (χ3n) is 4.50. The number of nitrogens with one attached hydrogen (secondary N) is 2. The largest absolute Gasteiger partial charge is 0.325 e. The van der Waals surface area contributed by atoms with Crippen LogP contribution >= 0.6 is 23.2 Å². The number of H-pyrrole nitrogens is 2. The quantitative estimate of drug-likeness (QED) is 0.489. The van der Waals surface area contributed by atoms with Crippen molar-refractivity contribution in [3.05, 3.63) is 62.4 Å². The number of imidazole rings is 1. The van der Waals surface area contributed by atoms with Crippen molar-refractivity contribution in [2.45, 2.75) is 13.0 Å². The smallest absolute Gasteiger partial charge is 0.308 e. The monoisotopic (exact) mass is 431 g/mol. The van der Waals surface area contributed by atoms with Gasteiger partial charge in [-0.2, -0.15) is 5.10 Å². The number of aromatic amines is 2. The lowest BCUT2D eigenvalue weighted by Gasteiger charge is -2.10. The van der Waals surface area contributed by atoms with Gasteiger partial charge in [0.05, 0.1) is 12.1 Å². The van der Waals surface area contributed by atoms with Crippen molar-refractivity contribution >= 4 is 34.4 Å². The van der Waals surface area contributed by atoms with Gasteiger partial charge in [-0.25, -0.2) is 19.4 Å². The van der Waals surface area contributed by atoms with Crippen LogP contribution in [0.1, 0.15) is 11.4 Å². The maximum absolute atomic E-state index is 11.5. The molecule has 0 aliphatic carbocycles. The molecule has 0 saturated heterocycles. The second-order valence-electron chi connectivity index (χ2n) is 6.95. The summed E-state index contributed by atoms with van der Waals surface area (Å²) in [6, 6.07) is 7.24. The number of nitrogens with zero attached hydrogens (tertiary/aromatic N) is 5. The van der Waals surface area contributed by atoms with E-state index in [-0.39, 0.29) is 5.69 Å². The number of likely N-dealkylation sites (N-methyl/N-ethyl adjacent to an activating group) is 1. The van der Waals surface area contributed by atoms with Crippen molar-refractivity contribution in [2.75, 3.05) is 20.6 Å². The zero-order chi connectivity index (χ0) is 20.5. The van der Waals surface area contributed by atoms with Crippen LogP contribution in [-0.2, 0) is 13.0 Å². The van der Waals surface area contributed by atoms with E-state index in [1.54, 1.807) is 24.4 Å². The Hall–Kier alpha value is -2.68. The van der Waals surface area contributed by atoms with Gasteiger partial charge in [0.2, 0.25) is 0 Å². The minimum Gasteiger partial charge on any atom is -0.308 e. The predicted octanol–water partition coefficient (Wildman–Crippen LogP) is 2.97. The molecule has 3 heterocycles. The fourth-order valence-corrected chi connectivity index (χ4v) is 3.56. The fraction of sp³-hybridized carbons (Fsp3) is 0.263. The summed E-state index contributed by atoms with van der Waals surface area (Å²) in [5.41, 5.74) is 2.37. The highest BCUT2D eigenvalue weighted by Gasteiger charge is 2.16. The summed E-state index contributed by atoms with van der Waals surface area (Å²) in [5.74, 6) is 1.28. The van der Waals surface area contributed by atoms with E-state index < -0.39 is 0 Å². The van der Waals surface area contributed by atoms with Crippen LogP contribution in [0.3, 0.4) is 0 Å². The molecular weight excluding hydrogens is 413 g/mol. The minimum absolute atomic E-state index is 0.298. The van der Waals surface area contributed by atoms with Crippen molar-refractivity contribution in [3.63, 3.8) is 0 Å². The number of fused-ring (bicyclic) bond motifs is 1. The molecule has 4 rings (SSSR count). The molecule has 10 heteroatoms. The molecule has 0 fully saturated rings. The van der Waals surface area contributed by atoms with Gasteiger partial charge in [-0.3, -0.25) is 4.98 Å². The molecule has 2 N–H and O–H groups in total. The van der Waals surface area contributed by atoms with Crippen molar-refractivity contribution < 1.29 is 0 Å². The van der Waals surface area contributed by atoms with Crippen LogP contribution in [0.4, 0.5) is 0 Å². The Balaban J connectivity index is 1.75. The number of rotatable bonds is 6. The number of pyridine rings is 1. The predicted molar refractivity (Wildman–Crippen MR) is 114 cm³/mol.